The Kier molecular flexibility index (Phi) is 7.99. The summed E-state index contributed by atoms with van der Waals surface area (Å²) < 4.78 is 0. The van der Waals surface area contributed by atoms with Crippen molar-refractivity contribution < 1.29 is 5.11 Å². The molecule has 2 rings (SSSR count). The molecule has 0 saturated carbocycles. The Bertz CT molecular complexity index is 370. The molecule has 1 saturated heterocycles. The fourth-order valence-corrected chi connectivity index (χ4v) is 2.32. The first kappa shape index (κ1) is 17.8. The summed E-state index contributed by atoms with van der Waals surface area (Å²) in [7, 11) is 0. The lowest BCUT2D eigenvalue weighted by Crippen LogP contribution is -2.44. The number of phenols is 1. The fraction of sp³-hybridized carbons (Fsp3) is 0.500. The number of rotatable bonds is 2. The van der Waals surface area contributed by atoms with E-state index < -0.39 is 0 Å². The van der Waals surface area contributed by atoms with E-state index in [9.17, 15) is 5.11 Å². The highest BCUT2D eigenvalue weighted by Crippen LogP contribution is 2.33. The van der Waals surface area contributed by atoms with Crippen LogP contribution in [-0.2, 0) is 0 Å². The summed E-state index contributed by atoms with van der Waals surface area (Å²) in [5.41, 5.74) is 0.911. The number of benzene rings is 1. The predicted octanol–water partition coefficient (Wildman–Crippen LogP) is 2.86. The standard InChI is InChI=1S/C12H17ClN2O.2ClH/c1-9(15-7-5-14-6-8-15)10-3-2-4-11(13)12(10)16;;/h2-4,9,14,16H,5-8H2,1H3;2*1H/t9-;;/m1../s1. The number of aromatic hydroxyl groups is 1. The van der Waals surface area contributed by atoms with Gasteiger partial charge in [-0.1, -0.05) is 23.7 Å². The molecular weight excluding hydrogens is 295 g/mol. The molecule has 1 aromatic carbocycles. The third-order valence-corrected chi connectivity index (χ3v) is 3.47. The highest BCUT2D eigenvalue weighted by Gasteiger charge is 2.20. The lowest BCUT2D eigenvalue weighted by molar-refractivity contribution is 0.183. The van der Waals surface area contributed by atoms with Crippen LogP contribution in [0.4, 0.5) is 0 Å². The largest absolute Gasteiger partial charge is 0.506 e. The van der Waals surface area contributed by atoms with Gasteiger partial charge in [-0.05, 0) is 13.0 Å². The van der Waals surface area contributed by atoms with E-state index in [0.29, 0.717) is 5.02 Å². The summed E-state index contributed by atoms with van der Waals surface area (Å²) in [5, 5.41) is 13.7. The second-order valence-corrected chi connectivity index (χ2v) is 4.55. The van der Waals surface area contributed by atoms with E-state index in [1.807, 2.05) is 12.1 Å². The topological polar surface area (TPSA) is 35.5 Å². The van der Waals surface area contributed by atoms with Crippen molar-refractivity contribution in [2.45, 2.75) is 13.0 Å². The van der Waals surface area contributed by atoms with Gasteiger partial charge in [-0.25, -0.2) is 0 Å². The van der Waals surface area contributed by atoms with E-state index in [1.54, 1.807) is 6.07 Å². The summed E-state index contributed by atoms with van der Waals surface area (Å²) in [5.74, 6) is 0.218. The Hall–Kier alpha value is -0.190. The average Bonchev–Trinajstić information content (AvgIpc) is 2.33. The van der Waals surface area contributed by atoms with Crippen molar-refractivity contribution in [1.82, 2.24) is 10.2 Å². The molecule has 0 aromatic heterocycles. The van der Waals surface area contributed by atoms with Gasteiger partial charge in [0.05, 0.1) is 5.02 Å². The third kappa shape index (κ3) is 3.90. The van der Waals surface area contributed by atoms with Crippen molar-refractivity contribution in [2.75, 3.05) is 26.2 Å². The number of para-hydroxylation sites is 1. The van der Waals surface area contributed by atoms with Gasteiger partial charge in [0.2, 0.25) is 0 Å². The second-order valence-electron chi connectivity index (χ2n) is 4.14. The Labute approximate surface area is 125 Å². The molecule has 6 heteroatoms. The van der Waals surface area contributed by atoms with Crippen LogP contribution >= 0.6 is 36.4 Å². The minimum atomic E-state index is 0. The van der Waals surface area contributed by atoms with Crippen molar-refractivity contribution in [3.8, 4) is 5.75 Å². The molecule has 2 N–H and O–H groups in total. The summed E-state index contributed by atoms with van der Waals surface area (Å²) in [6.45, 7) is 6.13. The Morgan fingerprint density at radius 1 is 1.28 bits per heavy atom. The smallest absolute Gasteiger partial charge is 0.138 e. The number of nitrogens with one attached hydrogen (secondary N) is 1. The normalized spacial score (nSPS) is 17.4. The van der Waals surface area contributed by atoms with Crippen LogP contribution in [0.15, 0.2) is 18.2 Å². The van der Waals surface area contributed by atoms with Gasteiger partial charge in [-0.15, -0.1) is 24.8 Å². The molecule has 0 amide bonds. The summed E-state index contributed by atoms with van der Waals surface area (Å²) in [6, 6.07) is 5.75. The zero-order valence-electron chi connectivity index (χ0n) is 10.2. The van der Waals surface area contributed by atoms with E-state index in [0.717, 1.165) is 31.7 Å². The highest BCUT2D eigenvalue weighted by atomic mass is 35.5. The van der Waals surface area contributed by atoms with E-state index in [4.69, 9.17) is 11.6 Å². The SMILES string of the molecule is C[C@H](c1cccc(Cl)c1O)N1CCNCC1.Cl.Cl. The fourth-order valence-electron chi connectivity index (χ4n) is 2.14. The molecule has 0 radical (unpaired) electrons. The molecule has 1 fully saturated rings. The van der Waals surface area contributed by atoms with Crippen LogP contribution in [0.3, 0.4) is 0 Å². The maximum atomic E-state index is 9.92. The molecule has 1 atom stereocenters. The van der Waals surface area contributed by atoms with Crippen LogP contribution in [0.25, 0.3) is 0 Å². The summed E-state index contributed by atoms with van der Waals surface area (Å²) >= 11 is 5.92. The van der Waals surface area contributed by atoms with Crippen molar-refractivity contribution in [2.24, 2.45) is 0 Å². The van der Waals surface area contributed by atoms with Gasteiger partial charge in [-0.3, -0.25) is 4.90 Å². The van der Waals surface area contributed by atoms with Gasteiger partial charge >= 0.3 is 0 Å². The third-order valence-electron chi connectivity index (χ3n) is 3.17. The highest BCUT2D eigenvalue weighted by molar-refractivity contribution is 6.32. The average molecular weight is 314 g/mol. The van der Waals surface area contributed by atoms with Crippen molar-refractivity contribution in [3.63, 3.8) is 0 Å². The van der Waals surface area contributed by atoms with Crippen molar-refractivity contribution >= 4 is 36.4 Å². The first-order valence-corrected chi connectivity index (χ1v) is 6.00. The number of hydrogen-bond donors (Lipinski definition) is 2. The predicted molar refractivity (Wildman–Crippen MR) is 80.5 cm³/mol. The minimum absolute atomic E-state index is 0. The molecule has 0 aliphatic carbocycles. The zero-order valence-corrected chi connectivity index (χ0v) is 12.6. The van der Waals surface area contributed by atoms with Gasteiger partial charge in [-0.2, -0.15) is 0 Å². The second kappa shape index (κ2) is 8.08. The van der Waals surface area contributed by atoms with Crippen LogP contribution in [0.2, 0.25) is 5.02 Å². The molecule has 18 heavy (non-hydrogen) atoms. The van der Waals surface area contributed by atoms with Crippen molar-refractivity contribution in [1.29, 1.82) is 0 Å². The maximum absolute atomic E-state index is 9.92. The van der Waals surface area contributed by atoms with Crippen LogP contribution in [-0.4, -0.2) is 36.2 Å². The maximum Gasteiger partial charge on any atom is 0.138 e. The number of nitrogens with zero attached hydrogens (tertiary/aromatic N) is 1. The summed E-state index contributed by atoms with van der Waals surface area (Å²) in [4.78, 5) is 2.35. The molecule has 0 spiro atoms. The molecule has 1 aliphatic rings. The molecule has 1 heterocycles. The van der Waals surface area contributed by atoms with Gasteiger partial charge in [0, 0.05) is 37.8 Å². The molecule has 0 bridgehead atoms. The summed E-state index contributed by atoms with van der Waals surface area (Å²) in [6.07, 6.45) is 0. The van der Waals surface area contributed by atoms with Crippen LogP contribution in [0.1, 0.15) is 18.5 Å². The number of phenolic OH excluding ortho intramolecular Hbond substituents is 1. The zero-order chi connectivity index (χ0) is 11.5. The van der Waals surface area contributed by atoms with Gasteiger partial charge in [0.1, 0.15) is 5.75 Å². The number of halogens is 3. The van der Waals surface area contributed by atoms with E-state index in [-0.39, 0.29) is 36.6 Å². The lowest BCUT2D eigenvalue weighted by atomic mass is 10.1. The molecule has 1 aromatic rings. The molecule has 104 valence electrons. The quantitative estimate of drug-likeness (QED) is 0.881. The monoisotopic (exact) mass is 312 g/mol. The molecule has 0 unspecified atom stereocenters. The van der Waals surface area contributed by atoms with E-state index in [1.165, 1.54) is 0 Å². The first-order valence-electron chi connectivity index (χ1n) is 5.62. The molecule has 1 aliphatic heterocycles. The van der Waals surface area contributed by atoms with E-state index >= 15 is 0 Å². The Morgan fingerprint density at radius 3 is 2.50 bits per heavy atom. The van der Waals surface area contributed by atoms with E-state index in [2.05, 4.69) is 17.1 Å². The van der Waals surface area contributed by atoms with Crippen LogP contribution in [0.5, 0.6) is 5.75 Å². The van der Waals surface area contributed by atoms with Crippen LogP contribution < -0.4 is 5.32 Å². The lowest BCUT2D eigenvalue weighted by Gasteiger charge is -2.33. The first-order chi connectivity index (χ1) is 7.70. The van der Waals surface area contributed by atoms with Gasteiger partial charge < -0.3 is 10.4 Å². The molecular formula is C12H19Cl3N2O. The van der Waals surface area contributed by atoms with Gasteiger partial charge in [0.25, 0.3) is 0 Å². The van der Waals surface area contributed by atoms with Crippen LogP contribution in [0, 0.1) is 0 Å². The number of piperazine rings is 1. The van der Waals surface area contributed by atoms with Gasteiger partial charge in [0.15, 0.2) is 0 Å². The minimum Gasteiger partial charge on any atom is -0.506 e. The Balaban J connectivity index is 0.00000144. The Morgan fingerprint density at radius 2 is 1.89 bits per heavy atom. The molecule has 3 nitrogen and oxygen atoms in total. The number of hydrogen-bond acceptors (Lipinski definition) is 3. The van der Waals surface area contributed by atoms with Crippen molar-refractivity contribution in [3.05, 3.63) is 28.8 Å².